The molecule has 1 aliphatic carbocycles. The van der Waals surface area contributed by atoms with E-state index in [0.29, 0.717) is 11.4 Å². The summed E-state index contributed by atoms with van der Waals surface area (Å²) in [6.07, 6.45) is 5.84. The summed E-state index contributed by atoms with van der Waals surface area (Å²) in [5, 5.41) is 6.06. The molecule has 0 radical (unpaired) electrons. The number of rotatable bonds is 4. The van der Waals surface area contributed by atoms with E-state index in [2.05, 4.69) is 10.1 Å². The highest BCUT2D eigenvalue weighted by atomic mass is 32.1. The number of hydrogen-bond acceptors (Lipinski definition) is 7. The smallest absolute Gasteiger partial charge is 0.272 e. The van der Waals surface area contributed by atoms with E-state index in [9.17, 15) is 4.79 Å². The number of nitrogens with zero attached hydrogens (tertiary/aromatic N) is 5. The number of carbonyl (C=O) groups excluding carboxylic acids is 1. The van der Waals surface area contributed by atoms with Crippen LogP contribution in [0.4, 0.5) is 5.13 Å². The Morgan fingerprint density at radius 3 is 2.90 bits per heavy atom. The van der Waals surface area contributed by atoms with Crippen molar-refractivity contribution in [2.24, 2.45) is 7.05 Å². The number of anilines is 1. The lowest BCUT2D eigenvalue weighted by Gasteiger charge is -2.22. The average Bonchev–Trinajstić information content (AvgIpc) is 3.46. The van der Waals surface area contributed by atoms with Crippen LogP contribution >= 0.6 is 22.7 Å². The molecule has 3 aromatic rings. The summed E-state index contributed by atoms with van der Waals surface area (Å²) in [5.74, 6) is -0.0268. The van der Waals surface area contributed by atoms with Crippen LogP contribution in [0.15, 0.2) is 6.20 Å². The van der Waals surface area contributed by atoms with Crippen molar-refractivity contribution in [1.82, 2.24) is 19.7 Å². The van der Waals surface area contributed by atoms with Crippen molar-refractivity contribution in [2.45, 2.75) is 45.6 Å². The van der Waals surface area contributed by atoms with Gasteiger partial charge in [0, 0.05) is 29.8 Å². The molecule has 3 aromatic heterocycles. The van der Waals surface area contributed by atoms with Crippen molar-refractivity contribution in [2.75, 3.05) is 18.1 Å². The number of ether oxygens (including phenoxy) is 1. The van der Waals surface area contributed by atoms with Gasteiger partial charge in [0.2, 0.25) is 0 Å². The predicted octanol–water partition coefficient (Wildman–Crippen LogP) is 3.54. The molecule has 1 atom stereocenters. The highest BCUT2D eigenvalue weighted by Crippen LogP contribution is 2.40. The number of amides is 1. The maximum absolute atomic E-state index is 13.5. The molecule has 1 saturated heterocycles. The van der Waals surface area contributed by atoms with Gasteiger partial charge in [-0.15, -0.1) is 22.7 Å². The molecule has 0 bridgehead atoms. The first kappa shape index (κ1) is 18.9. The van der Waals surface area contributed by atoms with Crippen molar-refractivity contribution < 1.29 is 9.53 Å². The van der Waals surface area contributed by atoms with E-state index in [1.165, 1.54) is 21.9 Å². The molecule has 0 aromatic carbocycles. The average molecular weight is 430 g/mol. The van der Waals surface area contributed by atoms with Crippen LogP contribution in [-0.4, -0.2) is 44.9 Å². The van der Waals surface area contributed by atoms with E-state index >= 15 is 0 Å². The Balaban J connectivity index is 1.54. The van der Waals surface area contributed by atoms with Gasteiger partial charge in [-0.3, -0.25) is 14.4 Å². The molecule has 152 valence electrons. The summed E-state index contributed by atoms with van der Waals surface area (Å²) in [4.78, 5) is 26.6. The zero-order valence-corrected chi connectivity index (χ0v) is 18.4. The third-order valence-electron chi connectivity index (χ3n) is 5.58. The summed E-state index contributed by atoms with van der Waals surface area (Å²) >= 11 is 3.07. The van der Waals surface area contributed by atoms with Crippen LogP contribution in [0.2, 0.25) is 0 Å². The Labute approximate surface area is 177 Å². The van der Waals surface area contributed by atoms with Gasteiger partial charge in [-0.2, -0.15) is 5.10 Å². The minimum absolute atomic E-state index is 0.0268. The van der Waals surface area contributed by atoms with Crippen molar-refractivity contribution in [1.29, 1.82) is 0 Å². The van der Waals surface area contributed by atoms with Gasteiger partial charge >= 0.3 is 0 Å². The predicted molar refractivity (Wildman–Crippen MR) is 114 cm³/mol. The summed E-state index contributed by atoms with van der Waals surface area (Å²) in [7, 11) is 1.97. The number of hydrogen-bond donors (Lipinski definition) is 0. The van der Waals surface area contributed by atoms with Crippen molar-refractivity contribution in [3.05, 3.63) is 32.3 Å². The number of aryl methyl sites for hydroxylation is 4. The Morgan fingerprint density at radius 2 is 2.17 bits per heavy atom. The summed E-state index contributed by atoms with van der Waals surface area (Å²) in [5.41, 5.74) is 4.05. The van der Waals surface area contributed by atoms with Gasteiger partial charge in [0.25, 0.3) is 5.91 Å². The normalized spacial score (nSPS) is 18.0. The Morgan fingerprint density at radius 1 is 1.31 bits per heavy atom. The number of fused-ring (bicyclic) bond motifs is 3. The van der Waals surface area contributed by atoms with E-state index < -0.39 is 0 Å². The molecular formula is C20H23N5O2S2. The molecule has 4 heterocycles. The zero-order chi connectivity index (χ0) is 20.1. The van der Waals surface area contributed by atoms with Gasteiger partial charge in [-0.1, -0.05) is 0 Å². The summed E-state index contributed by atoms with van der Waals surface area (Å²) in [6.45, 7) is 5.13. The fourth-order valence-corrected chi connectivity index (χ4v) is 6.07. The lowest BCUT2D eigenvalue weighted by molar-refractivity contribution is 0.0920. The van der Waals surface area contributed by atoms with Crippen LogP contribution in [0.1, 0.15) is 43.8 Å². The van der Waals surface area contributed by atoms with Crippen LogP contribution in [0, 0.1) is 13.8 Å². The summed E-state index contributed by atoms with van der Waals surface area (Å²) < 4.78 is 7.77. The Hall–Kier alpha value is -2.10. The third kappa shape index (κ3) is 3.31. The molecule has 1 amide bonds. The van der Waals surface area contributed by atoms with Gasteiger partial charge < -0.3 is 4.74 Å². The Bertz CT molecular complexity index is 1080. The van der Waals surface area contributed by atoms with Crippen LogP contribution in [0.25, 0.3) is 11.3 Å². The van der Waals surface area contributed by atoms with Gasteiger partial charge in [0.1, 0.15) is 4.88 Å². The molecule has 2 aliphatic rings. The fourth-order valence-electron chi connectivity index (χ4n) is 4.12. The van der Waals surface area contributed by atoms with Crippen molar-refractivity contribution in [3.63, 3.8) is 0 Å². The SMILES string of the molecule is Cc1nc(C)c(C(=O)N(C[C@@H]2CCCO2)c2nc3c(s2)CCc2c-3cnn2C)s1. The Kier molecular flexibility index (Phi) is 4.76. The largest absolute Gasteiger partial charge is 0.376 e. The standard InChI is InChI=1S/C20H23N5O2S2/c1-11-18(28-12(2)22-11)19(26)25(10-13-5-4-8-27-13)20-23-17-14-9-21-24(3)15(14)6-7-16(17)29-20/h9,13H,4-8,10H2,1-3H3/t13-/m0/s1. The minimum Gasteiger partial charge on any atom is -0.376 e. The van der Waals surface area contributed by atoms with E-state index in [1.807, 2.05) is 36.7 Å². The molecule has 7 nitrogen and oxygen atoms in total. The van der Waals surface area contributed by atoms with Gasteiger partial charge in [-0.25, -0.2) is 9.97 Å². The highest BCUT2D eigenvalue weighted by Gasteiger charge is 2.31. The second-order valence-electron chi connectivity index (χ2n) is 7.59. The molecule has 0 saturated carbocycles. The lowest BCUT2D eigenvalue weighted by Crippen LogP contribution is -2.37. The first-order valence-corrected chi connectivity index (χ1v) is 11.5. The van der Waals surface area contributed by atoms with Gasteiger partial charge in [0.15, 0.2) is 5.13 Å². The van der Waals surface area contributed by atoms with Crippen LogP contribution < -0.4 is 4.90 Å². The van der Waals surface area contributed by atoms with Crippen LogP contribution in [-0.2, 0) is 24.6 Å². The molecule has 1 fully saturated rings. The first-order valence-electron chi connectivity index (χ1n) is 9.89. The lowest BCUT2D eigenvalue weighted by atomic mass is 10.0. The van der Waals surface area contributed by atoms with Gasteiger partial charge in [0.05, 0.1) is 35.2 Å². The van der Waals surface area contributed by atoms with Crippen molar-refractivity contribution in [3.8, 4) is 11.3 Å². The van der Waals surface area contributed by atoms with E-state index in [-0.39, 0.29) is 12.0 Å². The topological polar surface area (TPSA) is 73.1 Å². The molecule has 29 heavy (non-hydrogen) atoms. The fraction of sp³-hybridized carbons (Fsp3) is 0.500. The van der Waals surface area contributed by atoms with Crippen molar-refractivity contribution >= 4 is 33.7 Å². The monoisotopic (exact) mass is 429 g/mol. The van der Waals surface area contributed by atoms with E-state index in [0.717, 1.165) is 59.4 Å². The molecule has 0 unspecified atom stereocenters. The van der Waals surface area contributed by atoms with Crippen LogP contribution in [0.3, 0.4) is 0 Å². The van der Waals surface area contributed by atoms with E-state index in [4.69, 9.17) is 9.72 Å². The maximum Gasteiger partial charge on any atom is 0.272 e. The minimum atomic E-state index is -0.0268. The van der Waals surface area contributed by atoms with Gasteiger partial charge in [-0.05, 0) is 39.5 Å². The second-order valence-corrected chi connectivity index (χ2v) is 9.86. The molecule has 0 spiro atoms. The highest BCUT2D eigenvalue weighted by molar-refractivity contribution is 7.16. The number of carbonyl (C=O) groups is 1. The maximum atomic E-state index is 13.5. The number of aromatic nitrogens is 4. The molecule has 5 rings (SSSR count). The first-order chi connectivity index (χ1) is 14.0. The second kappa shape index (κ2) is 7.30. The molecule has 9 heteroatoms. The number of thiazole rings is 2. The zero-order valence-electron chi connectivity index (χ0n) is 16.8. The van der Waals surface area contributed by atoms with Crippen LogP contribution in [0.5, 0.6) is 0 Å². The molecular weight excluding hydrogens is 406 g/mol. The molecule has 0 N–H and O–H groups in total. The summed E-state index contributed by atoms with van der Waals surface area (Å²) in [6, 6.07) is 0. The third-order valence-corrected chi connectivity index (χ3v) is 7.77. The quantitative estimate of drug-likeness (QED) is 0.634. The molecule has 1 aliphatic heterocycles. The van der Waals surface area contributed by atoms with E-state index in [1.54, 1.807) is 11.3 Å².